The molecule has 114 valence electrons. The fraction of sp³-hybridized carbons (Fsp3) is 0.500. The van der Waals surface area contributed by atoms with Crippen molar-refractivity contribution < 1.29 is 14.7 Å². The van der Waals surface area contributed by atoms with Crippen LogP contribution < -0.4 is 10.6 Å². The second kappa shape index (κ2) is 6.16. The first kappa shape index (κ1) is 15.4. The minimum Gasteiger partial charge on any atom is -0.478 e. The summed E-state index contributed by atoms with van der Waals surface area (Å²) in [6, 6.07) is 4.43. The highest BCUT2D eigenvalue weighted by molar-refractivity contribution is 5.94. The van der Waals surface area contributed by atoms with Gasteiger partial charge in [-0.3, -0.25) is 0 Å². The van der Waals surface area contributed by atoms with Crippen LogP contribution in [0.4, 0.5) is 10.5 Å². The van der Waals surface area contributed by atoms with Gasteiger partial charge in [0, 0.05) is 12.2 Å². The number of anilines is 1. The van der Waals surface area contributed by atoms with Crippen molar-refractivity contribution in [3.63, 3.8) is 0 Å². The lowest BCUT2D eigenvalue weighted by Gasteiger charge is -2.16. The van der Waals surface area contributed by atoms with E-state index in [4.69, 9.17) is 5.11 Å². The third-order valence-corrected chi connectivity index (χ3v) is 4.09. The molecule has 0 spiro atoms. The van der Waals surface area contributed by atoms with Gasteiger partial charge in [0.15, 0.2) is 0 Å². The minimum absolute atomic E-state index is 0.167. The molecule has 1 fully saturated rings. The van der Waals surface area contributed by atoms with Crippen molar-refractivity contribution in [1.29, 1.82) is 0 Å². The Bertz CT molecular complexity index is 550. The van der Waals surface area contributed by atoms with E-state index in [-0.39, 0.29) is 11.6 Å². The highest BCUT2D eigenvalue weighted by atomic mass is 16.4. The Labute approximate surface area is 124 Å². The number of hydrogen-bond donors (Lipinski definition) is 3. The maximum atomic E-state index is 12.0. The maximum absolute atomic E-state index is 12.0. The normalized spacial score (nSPS) is 15.3. The van der Waals surface area contributed by atoms with Gasteiger partial charge < -0.3 is 15.7 Å². The Morgan fingerprint density at radius 3 is 2.62 bits per heavy atom. The van der Waals surface area contributed by atoms with Crippen molar-refractivity contribution in [2.24, 2.45) is 5.41 Å². The zero-order valence-corrected chi connectivity index (χ0v) is 12.5. The molecule has 1 aliphatic carbocycles. The van der Waals surface area contributed by atoms with Crippen LogP contribution in [-0.2, 0) is 0 Å². The van der Waals surface area contributed by atoms with E-state index in [9.17, 15) is 9.59 Å². The number of carboxylic acid groups (broad SMARTS) is 1. The molecular formula is C16H22N2O3. The number of benzene rings is 1. The van der Waals surface area contributed by atoms with E-state index >= 15 is 0 Å². The molecule has 1 aromatic carbocycles. The number of carboxylic acids is 1. The molecule has 0 heterocycles. The standard InChI is InChI=1S/C16H22N2O3/c1-3-6-16(7-8-16)10-17-15(21)18-13-9-12(14(19)20)5-4-11(13)2/h4-5,9H,3,6-8,10H2,1-2H3,(H,19,20)(H2,17,18,21). The van der Waals surface area contributed by atoms with E-state index in [0.29, 0.717) is 17.6 Å². The van der Waals surface area contributed by atoms with E-state index in [1.165, 1.54) is 25.0 Å². The molecule has 0 saturated heterocycles. The molecule has 0 atom stereocenters. The highest BCUT2D eigenvalue weighted by Gasteiger charge is 2.41. The zero-order chi connectivity index (χ0) is 15.5. The predicted molar refractivity (Wildman–Crippen MR) is 81.7 cm³/mol. The van der Waals surface area contributed by atoms with Gasteiger partial charge in [0.2, 0.25) is 0 Å². The van der Waals surface area contributed by atoms with Crippen LogP contribution in [-0.4, -0.2) is 23.7 Å². The van der Waals surface area contributed by atoms with Crippen LogP contribution in [0.3, 0.4) is 0 Å². The summed E-state index contributed by atoms with van der Waals surface area (Å²) in [6.45, 7) is 4.67. The Morgan fingerprint density at radius 1 is 1.33 bits per heavy atom. The summed E-state index contributed by atoms with van der Waals surface area (Å²) in [5.41, 5.74) is 1.84. The van der Waals surface area contributed by atoms with Gasteiger partial charge in [-0.15, -0.1) is 0 Å². The van der Waals surface area contributed by atoms with E-state index in [1.54, 1.807) is 6.07 Å². The van der Waals surface area contributed by atoms with Gasteiger partial charge in [0.05, 0.1) is 5.56 Å². The molecular weight excluding hydrogens is 268 g/mol. The first-order valence-electron chi connectivity index (χ1n) is 7.34. The number of hydrogen-bond acceptors (Lipinski definition) is 2. The van der Waals surface area contributed by atoms with Crippen LogP contribution in [0.1, 0.15) is 48.5 Å². The van der Waals surface area contributed by atoms with E-state index in [1.807, 2.05) is 6.92 Å². The number of aromatic carboxylic acids is 1. The average molecular weight is 290 g/mol. The lowest BCUT2D eigenvalue weighted by Crippen LogP contribution is -2.34. The molecule has 5 nitrogen and oxygen atoms in total. The molecule has 3 N–H and O–H groups in total. The monoisotopic (exact) mass is 290 g/mol. The molecule has 0 radical (unpaired) electrons. The molecule has 0 aromatic heterocycles. The number of amides is 2. The molecule has 5 heteroatoms. The van der Waals surface area contributed by atoms with Gasteiger partial charge in [-0.1, -0.05) is 19.4 Å². The van der Waals surface area contributed by atoms with Crippen molar-refractivity contribution >= 4 is 17.7 Å². The lowest BCUT2D eigenvalue weighted by atomic mass is 10.0. The Morgan fingerprint density at radius 2 is 2.05 bits per heavy atom. The van der Waals surface area contributed by atoms with E-state index in [2.05, 4.69) is 17.6 Å². The Kier molecular flexibility index (Phi) is 4.50. The van der Waals surface area contributed by atoms with Gasteiger partial charge in [0.1, 0.15) is 0 Å². The van der Waals surface area contributed by atoms with Gasteiger partial charge in [-0.05, 0) is 49.3 Å². The van der Waals surface area contributed by atoms with Crippen LogP contribution in [0.5, 0.6) is 0 Å². The zero-order valence-electron chi connectivity index (χ0n) is 12.5. The summed E-state index contributed by atoms with van der Waals surface area (Å²) in [4.78, 5) is 22.9. The van der Waals surface area contributed by atoms with Crippen molar-refractivity contribution in [3.8, 4) is 0 Å². The number of nitrogens with one attached hydrogen (secondary N) is 2. The quantitative estimate of drug-likeness (QED) is 0.751. The second-order valence-electron chi connectivity index (χ2n) is 5.89. The largest absolute Gasteiger partial charge is 0.478 e. The van der Waals surface area contributed by atoms with Gasteiger partial charge in [-0.2, -0.15) is 0 Å². The van der Waals surface area contributed by atoms with Crippen molar-refractivity contribution in [3.05, 3.63) is 29.3 Å². The molecule has 2 rings (SSSR count). The van der Waals surface area contributed by atoms with Gasteiger partial charge in [0.25, 0.3) is 0 Å². The third-order valence-electron chi connectivity index (χ3n) is 4.09. The van der Waals surface area contributed by atoms with Gasteiger partial charge in [-0.25, -0.2) is 9.59 Å². The maximum Gasteiger partial charge on any atom is 0.335 e. The van der Waals surface area contributed by atoms with Crippen molar-refractivity contribution in [2.75, 3.05) is 11.9 Å². The predicted octanol–water partition coefficient (Wildman–Crippen LogP) is 3.40. The number of urea groups is 1. The molecule has 0 unspecified atom stereocenters. The Balaban J connectivity index is 1.93. The summed E-state index contributed by atoms with van der Waals surface area (Å²) in [6.07, 6.45) is 4.62. The highest BCUT2D eigenvalue weighted by Crippen LogP contribution is 2.48. The summed E-state index contributed by atoms with van der Waals surface area (Å²) < 4.78 is 0. The van der Waals surface area contributed by atoms with Crippen molar-refractivity contribution in [2.45, 2.75) is 39.5 Å². The number of aryl methyl sites for hydroxylation is 1. The van der Waals surface area contributed by atoms with Crippen LogP contribution in [0.25, 0.3) is 0 Å². The van der Waals surface area contributed by atoms with E-state index < -0.39 is 5.97 Å². The topological polar surface area (TPSA) is 78.4 Å². The molecule has 0 bridgehead atoms. The first-order chi connectivity index (χ1) is 9.96. The lowest BCUT2D eigenvalue weighted by molar-refractivity contribution is 0.0697. The van der Waals surface area contributed by atoms with Crippen LogP contribution in [0, 0.1) is 12.3 Å². The van der Waals surface area contributed by atoms with Crippen LogP contribution in [0.15, 0.2) is 18.2 Å². The van der Waals surface area contributed by atoms with Crippen molar-refractivity contribution in [1.82, 2.24) is 5.32 Å². The SMILES string of the molecule is CCCC1(CNC(=O)Nc2cc(C(=O)O)ccc2C)CC1. The smallest absolute Gasteiger partial charge is 0.335 e. The van der Waals surface area contributed by atoms with Gasteiger partial charge >= 0.3 is 12.0 Å². The molecule has 1 saturated carbocycles. The summed E-state index contributed by atoms with van der Waals surface area (Å²) in [5, 5.41) is 14.6. The summed E-state index contributed by atoms with van der Waals surface area (Å²) >= 11 is 0. The molecule has 0 aliphatic heterocycles. The van der Waals surface area contributed by atoms with Crippen LogP contribution in [0.2, 0.25) is 0 Å². The average Bonchev–Trinajstić information content (AvgIpc) is 3.19. The fourth-order valence-electron chi connectivity index (χ4n) is 2.55. The number of carbonyl (C=O) groups is 2. The fourth-order valence-corrected chi connectivity index (χ4v) is 2.55. The molecule has 1 aliphatic rings. The van der Waals surface area contributed by atoms with Crippen LogP contribution >= 0.6 is 0 Å². The summed E-state index contributed by atoms with van der Waals surface area (Å²) in [7, 11) is 0. The summed E-state index contributed by atoms with van der Waals surface area (Å²) in [5.74, 6) is -1.00. The second-order valence-corrected chi connectivity index (χ2v) is 5.89. The Hall–Kier alpha value is -2.04. The first-order valence-corrected chi connectivity index (χ1v) is 7.34. The number of rotatable bonds is 6. The third kappa shape index (κ3) is 3.97. The molecule has 21 heavy (non-hydrogen) atoms. The minimum atomic E-state index is -1.00. The van der Waals surface area contributed by atoms with E-state index in [0.717, 1.165) is 18.4 Å². The molecule has 2 amide bonds. The molecule has 1 aromatic rings. The number of carbonyl (C=O) groups excluding carboxylic acids is 1.